The summed E-state index contributed by atoms with van der Waals surface area (Å²) in [5.41, 5.74) is 0.309. The van der Waals surface area contributed by atoms with Gasteiger partial charge in [0.15, 0.2) is 0 Å². The van der Waals surface area contributed by atoms with Crippen LogP contribution in [0.5, 0.6) is 0 Å². The zero-order valence-corrected chi connectivity index (χ0v) is 13.0. The van der Waals surface area contributed by atoms with E-state index in [2.05, 4.69) is 10.6 Å². The number of hydrogen-bond donors (Lipinski definition) is 2. The van der Waals surface area contributed by atoms with E-state index in [0.29, 0.717) is 6.42 Å². The third-order valence-electron chi connectivity index (χ3n) is 3.56. The monoisotopic (exact) mass is 330 g/mol. The summed E-state index contributed by atoms with van der Waals surface area (Å²) >= 11 is 0. The minimum atomic E-state index is -0.824. The maximum Gasteiger partial charge on any atom is 0.319 e. The highest BCUT2D eigenvalue weighted by atomic mass is 19.1. The van der Waals surface area contributed by atoms with Crippen LogP contribution in [0.4, 0.5) is 19.3 Å². The second-order valence-electron chi connectivity index (χ2n) is 5.55. The number of furan rings is 1. The SMILES string of the molecule is C[C@@H](Cc1cc2ccccc2o1)NC(=O)Nc1c(F)cccc1F. The van der Waals surface area contributed by atoms with Crippen molar-refractivity contribution in [3.05, 3.63) is 65.9 Å². The van der Waals surface area contributed by atoms with E-state index in [1.165, 1.54) is 6.07 Å². The standard InChI is InChI=1S/C18H16F2N2O2/c1-11(9-13-10-12-5-2-3-8-16(12)24-13)21-18(23)22-17-14(19)6-4-7-15(17)20/h2-8,10-11H,9H2,1H3,(H2,21,22,23)/t11-/m0/s1. The number of para-hydroxylation sites is 2. The Morgan fingerprint density at radius 2 is 1.83 bits per heavy atom. The van der Waals surface area contributed by atoms with Crippen LogP contribution < -0.4 is 10.6 Å². The molecule has 0 unspecified atom stereocenters. The van der Waals surface area contributed by atoms with E-state index in [9.17, 15) is 13.6 Å². The van der Waals surface area contributed by atoms with Crippen LogP contribution in [0.15, 0.2) is 52.9 Å². The van der Waals surface area contributed by atoms with E-state index in [4.69, 9.17) is 4.42 Å². The third kappa shape index (κ3) is 3.53. The molecule has 6 heteroatoms. The molecular weight excluding hydrogens is 314 g/mol. The Labute approximate surface area is 137 Å². The van der Waals surface area contributed by atoms with Gasteiger partial charge in [-0.3, -0.25) is 0 Å². The summed E-state index contributed by atoms with van der Waals surface area (Å²) in [6.45, 7) is 1.78. The van der Waals surface area contributed by atoms with Gasteiger partial charge in [-0.1, -0.05) is 24.3 Å². The average molecular weight is 330 g/mol. The summed E-state index contributed by atoms with van der Waals surface area (Å²) in [4.78, 5) is 11.9. The van der Waals surface area contributed by atoms with Crippen molar-refractivity contribution < 1.29 is 18.0 Å². The van der Waals surface area contributed by atoms with Crippen LogP contribution >= 0.6 is 0 Å². The van der Waals surface area contributed by atoms with Crippen molar-refractivity contribution in [3.8, 4) is 0 Å². The topological polar surface area (TPSA) is 54.3 Å². The largest absolute Gasteiger partial charge is 0.461 e. The highest BCUT2D eigenvalue weighted by molar-refractivity contribution is 5.89. The van der Waals surface area contributed by atoms with Gasteiger partial charge in [-0.15, -0.1) is 0 Å². The summed E-state index contributed by atoms with van der Waals surface area (Å²) < 4.78 is 32.7. The van der Waals surface area contributed by atoms with Gasteiger partial charge in [0.05, 0.1) is 0 Å². The lowest BCUT2D eigenvalue weighted by Crippen LogP contribution is -2.37. The van der Waals surface area contributed by atoms with Crippen LogP contribution in [-0.2, 0) is 6.42 Å². The van der Waals surface area contributed by atoms with Gasteiger partial charge in [0, 0.05) is 17.8 Å². The van der Waals surface area contributed by atoms with Crippen LogP contribution in [0.1, 0.15) is 12.7 Å². The number of nitrogens with one attached hydrogen (secondary N) is 2. The molecule has 2 N–H and O–H groups in total. The number of carbonyl (C=O) groups excluding carboxylic acids is 1. The highest BCUT2D eigenvalue weighted by Gasteiger charge is 2.15. The molecule has 1 atom stereocenters. The molecular formula is C18H16F2N2O2. The maximum absolute atomic E-state index is 13.5. The van der Waals surface area contributed by atoms with E-state index >= 15 is 0 Å². The minimum Gasteiger partial charge on any atom is -0.461 e. The Bertz CT molecular complexity index is 823. The zero-order valence-electron chi connectivity index (χ0n) is 13.0. The molecule has 1 heterocycles. The molecule has 0 aliphatic heterocycles. The van der Waals surface area contributed by atoms with Crippen LogP contribution in [0.3, 0.4) is 0 Å². The van der Waals surface area contributed by atoms with Crippen LogP contribution in [0.2, 0.25) is 0 Å². The molecule has 0 saturated carbocycles. The Morgan fingerprint density at radius 3 is 2.54 bits per heavy atom. The van der Waals surface area contributed by atoms with Gasteiger partial charge in [0.25, 0.3) is 0 Å². The fourth-order valence-corrected chi connectivity index (χ4v) is 2.48. The average Bonchev–Trinajstić information content (AvgIpc) is 2.93. The Balaban J connectivity index is 1.62. The van der Waals surface area contributed by atoms with Crippen LogP contribution in [0, 0.1) is 11.6 Å². The predicted octanol–water partition coefficient (Wildman–Crippen LogP) is 4.46. The molecule has 3 rings (SSSR count). The van der Waals surface area contributed by atoms with Gasteiger partial charge in [-0.05, 0) is 31.2 Å². The number of anilines is 1. The first-order valence-corrected chi connectivity index (χ1v) is 7.52. The molecule has 0 aliphatic rings. The van der Waals surface area contributed by atoms with E-state index in [-0.39, 0.29) is 6.04 Å². The second kappa shape index (κ2) is 6.70. The molecule has 0 saturated heterocycles. The Hall–Kier alpha value is -2.89. The van der Waals surface area contributed by atoms with E-state index < -0.39 is 23.4 Å². The smallest absolute Gasteiger partial charge is 0.319 e. The second-order valence-corrected chi connectivity index (χ2v) is 5.55. The summed E-state index contributed by atoms with van der Waals surface area (Å²) in [6, 6.07) is 11.9. The summed E-state index contributed by atoms with van der Waals surface area (Å²) in [7, 11) is 0. The van der Waals surface area contributed by atoms with Gasteiger partial charge >= 0.3 is 6.03 Å². The van der Waals surface area contributed by atoms with E-state index in [0.717, 1.165) is 28.9 Å². The molecule has 1 aromatic heterocycles. The molecule has 3 aromatic rings. The number of amides is 2. The van der Waals surface area contributed by atoms with Crippen molar-refractivity contribution in [2.24, 2.45) is 0 Å². The number of halogens is 2. The van der Waals surface area contributed by atoms with E-state index in [1.54, 1.807) is 6.92 Å². The highest BCUT2D eigenvalue weighted by Crippen LogP contribution is 2.20. The number of rotatable bonds is 4. The Morgan fingerprint density at radius 1 is 1.12 bits per heavy atom. The van der Waals surface area contributed by atoms with Crippen molar-refractivity contribution in [2.75, 3.05) is 5.32 Å². The number of carbonyl (C=O) groups is 1. The molecule has 0 bridgehead atoms. The predicted molar refractivity (Wildman–Crippen MR) is 87.9 cm³/mol. The van der Waals surface area contributed by atoms with Crippen molar-refractivity contribution in [1.82, 2.24) is 5.32 Å². The summed E-state index contributed by atoms with van der Waals surface area (Å²) in [5.74, 6) is -0.925. The summed E-state index contributed by atoms with van der Waals surface area (Å²) in [6.07, 6.45) is 0.460. The van der Waals surface area contributed by atoms with Gasteiger partial charge in [0.1, 0.15) is 28.7 Å². The molecule has 0 spiro atoms. The van der Waals surface area contributed by atoms with E-state index in [1.807, 2.05) is 30.3 Å². The van der Waals surface area contributed by atoms with Gasteiger partial charge in [0.2, 0.25) is 0 Å². The maximum atomic E-state index is 13.5. The fourth-order valence-electron chi connectivity index (χ4n) is 2.48. The molecule has 4 nitrogen and oxygen atoms in total. The first kappa shape index (κ1) is 16.0. The van der Waals surface area contributed by atoms with Crippen molar-refractivity contribution in [3.63, 3.8) is 0 Å². The van der Waals surface area contributed by atoms with Gasteiger partial charge < -0.3 is 15.1 Å². The van der Waals surface area contributed by atoms with Crippen LogP contribution in [0.25, 0.3) is 11.0 Å². The number of hydrogen-bond acceptors (Lipinski definition) is 2. The quantitative estimate of drug-likeness (QED) is 0.742. The molecule has 0 radical (unpaired) electrons. The lowest BCUT2D eigenvalue weighted by atomic mass is 10.2. The van der Waals surface area contributed by atoms with Crippen molar-refractivity contribution >= 4 is 22.7 Å². The van der Waals surface area contributed by atoms with Gasteiger partial charge in [-0.2, -0.15) is 0 Å². The lowest BCUT2D eigenvalue weighted by Gasteiger charge is -2.14. The van der Waals surface area contributed by atoms with Crippen LogP contribution in [-0.4, -0.2) is 12.1 Å². The molecule has 2 amide bonds. The Kier molecular flexibility index (Phi) is 4.46. The van der Waals surface area contributed by atoms with Gasteiger partial charge in [-0.25, -0.2) is 13.6 Å². The molecule has 2 aromatic carbocycles. The number of benzene rings is 2. The molecule has 0 aliphatic carbocycles. The number of urea groups is 1. The first-order chi connectivity index (χ1) is 11.5. The van der Waals surface area contributed by atoms with Crippen molar-refractivity contribution in [2.45, 2.75) is 19.4 Å². The minimum absolute atomic E-state index is 0.277. The number of fused-ring (bicyclic) bond motifs is 1. The normalized spacial score (nSPS) is 12.1. The third-order valence-corrected chi connectivity index (χ3v) is 3.56. The first-order valence-electron chi connectivity index (χ1n) is 7.52. The fraction of sp³-hybridized carbons (Fsp3) is 0.167. The van der Waals surface area contributed by atoms with Crippen molar-refractivity contribution in [1.29, 1.82) is 0 Å². The zero-order chi connectivity index (χ0) is 17.1. The molecule has 124 valence electrons. The molecule has 0 fully saturated rings. The molecule has 24 heavy (non-hydrogen) atoms. The summed E-state index contributed by atoms with van der Waals surface area (Å²) in [5, 5.41) is 5.81. The lowest BCUT2D eigenvalue weighted by molar-refractivity contribution is 0.248.